The van der Waals surface area contributed by atoms with Crippen molar-refractivity contribution >= 4 is 35.2 Å². The van der Waals surface area contributed by atoms with Crippen molar-refractivity contribution in [3.63, 3.8) is 0 Å². The van der Waals surface area contributed by atoms with Crippen molar-refractivity contribution in [1.29, 1.82) is 0 Å². The first-order valence-corrected chi connectivity index (χ1v) is 13.5. The number of nitrogens with one attached hydrogen (secondary N) is 1. The van der Waals surface area contributed by atoms with Gasteiger partial charge in [0.15, 0.2) is 5.75 Å². The Labute approximate surface area is 237 Å². The van der Waals surface area contributed by atoms with Gasteiger partial charge in [-0.05, 0) is 73.2 Å². The van der Waals surface area contributed by atoms with Gasteiger partial charge in [0.25, 0.3) is 0 Å². The van der Waals surface area contributed by atoms with Crippen LogP contribution in [-0.4, -0.2) is 52.8 Å². The average Bonchev–Trinajstić information content (AvgIpc) is 3.75. The van der Waals surface area contributed by atoms with Crippen LogP contribution in [0.3, 0.4) is 0 Å². The van der Waals surface area contributed by atoms with E-state index in [-0.39, 0.29) is 31.7 Å². The number of ether oxygens (including phenoxy) is 2. The molecule has 4 rings (SSSR count). The lowest BCUT2D eigenvalue weighted by molar-refractivity contribution is -0.136. The van der Waals surface area contributed by atoms with E-state index in [0.717, 1.165) is 29.5 Å². The number of hydrogen-bond donors (Lipinski definition) is 2. The molecule has 2 amide bonds. The molecule has 10 heteroatoms. The molecule has 1 atom stereocenters. The largest absolute Gasteiger partial charge is 0.490 e. The first kappa shape index (κ1) is 28.5. The molecule has 0 radical (unpaired) electrons. The number of hydrogen-bond acceptors (Lipinski definition) is 5. The smallest absolute Gasteiger partial charge is 0.404 e. The van der Waals surface area contributed by atoms with Gasteiger partial charge in [0.2, 0.25) is 5.91 Å². The van der Waals surface area contributed by atoms with Crippen molar-refractivity contribution in [2.24, 2.45) is 5.92 Å². The lowest BCUT2D eigenvalue weighted by Crippen LogP contribution is -2.43. The van der Waals surface area contributed by atoms with E-state index in [4.69, 9.17) is 32.7 Å². The van der Waals surface area contributed by atoms with E-state index in [2.05, 4.69) is 10.3 Å². The molecule has 1 saturated carbocycles. The van der Waals surface area contributed by atoms with E-state index in [0.29, 0.717) is 34.5 Å². The predicted octanol–water partition coefficient (Wildman–Crippen LogP) is 5.77. The Bertz CT molecular complexity index is 1250. The van der Waals surface area contributed by atoms with Gasteiger partial charge in [-0.2, -0.15) is 0 Å². The van der Waals surface area contributed by atoms with Crippen LogP contribution in [0.2, 0.25) is 10.0 Å². The summed E-state index contributed by atoms with van der Waals surface area (Å²) in [5.41, 5.74) is 2.80. The molecule has 1 aliphatic carbocycles. The van der Waals surface area contributed by atoms with Crippen LogP contribution in [0.1, 0.15) is 29.5 Å². The van der Waals surface area contributed by atoms with Gasteiger partial charge in [-0.1, -0.05) is 41.4 Å². The summed E-state index contributed by atoms with van der Waals surface area (Å²) in [7, 11) is 0. The Balaban J connectivity index is 1.34. The monoisotopic (exact) mass is 571 g/mol. The first-order valence-electron chi connectivity index (χ1n) is 12.8. The zero-order valence-corrected chi connectivity index (χ0v) is 23.1. The molecule has 206 valence electrons. The number of carboxylic acid groups (broad SMARTS) is 1. The van der Waals surface area contributed by atoms with Gasteiger partial charge in [-0.15, -0.1) is 0 Å². The molecule has 0 bridgehead atoms. The fraction of sp³-hybridized carbons (Fsp3) is 0.345. The van der Waals surface area contributed by atoms with E-state index in [1.807, 2.05) is 48.2 Å². The molecule has 2 N–H and O–H groups in total. The van der Waals surface area contributed by atoms with Crippen molar-refractivity contribution in [3.05, 3.63) is 87.7 Å². The lowest BCUT2D eigenvalue weighted by atomic mass is 9.97. The molecule has 39 heavy (non-hydrogen) atoms. The van der Waals surface area contributed by atoms with Crippen LogP contribution in [0.25, 0.3) is 0 Å². The Hall–Kier alpha value is -3.49. The van der Waals surface area contributed by atoms with Gasteiger partial charge in [-0.3, -0.25) is 9.78 Å². The van der Waals surface area contributed by atoms with Gasteiger partial charge in [0.1, 0.15) is 19.0 Å². The van der Waals surface area contributed by atoms with Crippen LogP contribution in [0.5, 0.6) is 11.5 Å². The number of rotatable bonds is 13. The fourth-order valence-electron chi connectivity index (χ4n) is 4.29. The second kappa shape index (κ2) is 13.5. The quantitative estimate of drug-likeness (QED) is 0.252. The molecule has 1 fully saturated rings. The molecule has 1 heterocycles. The Kier molecular flexibility index (Phi) is 9.90. The minimum Gasteiger partial charge on any atom is -0.490 e. The van der Waals surface area contributed by atoms with Crippen molar-refractivity contribution in [2.75, 3.05) is 19.8 Å². The van der Waals surface area contributed by atoms with Crippen LogP contribution >= 0.6 is 23.2 Å². The van der Waals surface area contributed by atoms with Gasteiger partial charge in [0.05, 0.1) is 16.0 Å². The summed E-state index contributed by atoms with van der Waals surface area (Å²) < 4.78 is 11.5. The van der Waals surface area contributed by atoms with Crippen LogP contribution in [-0.2, 0) is 17.8 Å². The van der Waals surface area contributed by atoms with E-state index in [9.17, 15) is 14.7 Å². The molecule has 0 spiro atoms. The minimum absolute atomic E-state index is 0.0319. The maximum absolute atomic E-state index is 13.6. The first-order chi connectivity index (χ1) is 18.8. The predicted molar refractivity (Wildman–Crippen MR) is 150 cm³/mol. The summed E-state index contributed by atoms with van der Waals surface area (Å²) in [6.07, 6.45) is 4.58. The van der Waals surface area contributed by atoms with Crippen molar-refractivity contribution in [3.8, 4) is 11.5 Å². The topological polar surface area (TPSA) is 101 Å². The summed E-state index contributed by atoms with van der Waals surface area (Å²) in [6.45, 7) is 2.93. The van der Waals surface area contributed by atoms with Gasteiger partial charge in [-0.25, -0.2) is 4.79 Å². The van der Waals surface area contributed by atoms with Crippen LogP contribution < -0.4 is 14.8 Å². The molecule has 0 saturated heterocycles. The second-order valence-corrected chi connectivity index (χ2v) is 10.4. The number of nitrogens with zero attached hydrogens (tertiary/aromatic N) is 2. The summed E-state index contributed by atoms with van der Waals surface area (Å²) in [5, 5.41) is 12.5. The molecular formula is C29H31Cl2N3O5. The molecule has 2 aromatic carbocycles. The minimum atomic E-state index is -1.16. The lowest BCUT2D eigenvalue weighted by Gasteiger charge is -2.27. The number of halogens is 2. The SMILES string of the molecule is Cc1cc(Cl)c(OCCOc2ccc(CC(CNC(=O)O)C(=O)N(Cc3cccnc3)C3CC3)cc2)c(Cl)c1. The Morgan fingerprint density at radius 2 is 1.77 bits per heavy atom. The highest BCUT2D eigenvalue weighted by Crippen LogP contribution is 2.34. The van der Waals surface area contributed by atoms with Crippen molar-refractivity contribution < 1.29 is 24.2 Å². The third-order valence-electron chi connectivity index (χ3n) is 6.34. The zero-order valence-electron chi connectivity index (χ0n) is 21.6. The highest BCUT2D eigenvalue weighted by atomic mass is 35.5. The fourth-order valence-corrected chi connectivity index (χ4v) is 4.99. The average molecular weight is 572 g/mol. The molecule has 1 aliphatic rings. The van der Waals surface area contributed by atoms with E-state index in [1.165, 1.54) is 0 Å². The number of benzene rings is 2. The molecule has 1 unspecified atom stereocenters. The Morgan fingerprint density at radius 1 is 1.08 bits per heavy atom. The third kappa shape index (κ3) is 8.50. The molecule has 3 aromatic rings. The van der Waals surface area contributed by atoms with Gasteiger partial charge >= 0.3 is 6.09 Å². The van der Waals surface area contributed by atoms with Gasteiger partial charge < -0.3 is 24.8 Å². The Morgan fingerprint density at radius 3 is 2.38 bits per heavy atom. The van der Waals surface area contributed by atoms with Crippen molar-refractivity contribution in [2.45, 2.75) is 38.8 Å². The number of carbonyl (C=O) groups excluding carboxylic acids is 1. The number of carbonyl (C=O) groups is 2. The van der Waals surface area contributed by atoms with Crippen LogP contribution in [0.15, 0.2) is 60.9 Å². The second-order valence-electron chi connectivity index (χ2n) is 9.54. The summed E-state index contributed by atoms with van der Waals surface area (Å²) in [6, 6.07) is 14.9. The molecule has 1 aromatic heterocycles. The van der Waals surface area contributed by atoms with Crippen LogP contribution in [0.4, 0.5) is 4.79 Å². The maximum Gasteiger partial charge on any atom is 0.404 e. The summed E-state index contributed by atoms with van der Waals surface area (Å²) >= 11 is 12.4. The summed E-state index contributed by atoms with van der Waals surface area (Å²) in [4.78, 5) is 30.8. The standard InChI is InChI=1S/C29H31Cl2N3O5/c1-19-13-25(30)27(26(31)14-19)39-12-11-38-24-8-4-20(5-9-24)15-22(17-33-29(36)37)28(35)34(23-6-7-23)18-21-3-2-10-32-16-21/h2-5,8-10,13-14,16,22-23,33H,6-7,11-12,15,17-18H2,1H3,(H,36,37). The van der Waals surface area contributed by atoms with E-state index >= 15 is 0 Å². The maximum atomic E-state index is 13.6. The number of amides is 2. The van der Waals surface area contributed by atoms with E-state index in [1.54, 1.807) is 24.5 Å². The molecular weight excluding hydrogens is 541 g/mol. The highest BCUT2D eigenvalue weighted by Gasteiger charge is 2.36. The normalized spacial score (nSPS) is 13.4. The van der Waals surface area contributed by atoms with E-state index < -0.39 is 12.0 Å². The number of aromatic nitrogens is 1. The summed E-state index contributed by atoms with van der Waals surface area (Å²) in [5.74, 6) is 0.465. The van der Waals surface area contributed by atoms with Crippen molar-refractivity contribution in [1.82, 2.24) is 15.2 Å². The molecule has 0 aliphatic heterocycles. The molecule has 8 nitrogen and oxygen atoms in total. The van der Waals surface area contributed by atoms with Crippen LogP contribution in [0, 0.1) is 12.8 Å². The zero-order chi connectivity index (χ0) is 27.8. The van der Waals surface area contributed by atoms with Gasteiger partial charge in [0, 0.05) is 31.5 Å². The number of pyridine rings is 1. The highest BCUT2D eigenvalue weighted by molar-refractivity contribution is 6.37. The number of aryl methyl sites for hydroxylation is 1. The third-order valence-corrected chi connectivity index (χ3v) is 6.90.